The predicted molar refractivity (Wildman–Crippen MR) is 104 cm³/mol. The molecule has 2 aromatic carbocycles. The second-order valence-electron chi connectivity index (χ2n) is 6.10. The van der Waals surface area contributed by atoms with Crippen molar-refractivity contribution in [2.75, 3.05) is 32.8 Å². The van der Waals surface area contributed by atoms with Crippen molar-refractivity contribution < 1.29 is 4.74 Å². The Labute approximate surface area is 154 Å². The number of hydrogen-bond donors (Lipinski definition) is 0. The van der Waals surface area contributed by atoms with E-state index < -0.39 is 0 Å². The Balaban J connectivity index is 1.46. The zero-order chi connectivity index (χ0) is 17.5. The third kappa shape index (κ3) is 5.48. The first-order valence-electron chi connectivity index (χ1n) is 8.71. The van der Waals surface area contributed by atoms with E-state index in [1.807, 2.05) is 49.5 Å². The highest BCUT2D eigenvalue weighted by molar-refractivity contribution is 6.30. The van der Waals surface area contributed by atoms with Gasteiger partial charge in [-0.3, -0.25) is 9.91 Å². The van der Waals surface area contributed by atoms with E-state index >= 15 is 0 Å². The van der Waals surface area contributed by atoms with Crippen molar-refractivity contribution in [3.63, 3.8) is 0 Å². The van der Waals surface area contributed by atoms with Gasteiger partial charge in [-0.2, -0.15) is 5.10 Å². The quantitative estimate of drug-likeness (QED) is 0.734. The monoisotopic (exact) mass is 357 g/mol. The summed E-state index contributed by atoms with van der Waals surface area (Å²) < 4.78 is 5.45. The molecule has 0 bridgehead atoms. The first-order valence-corrected chi connectivity index (χ1v) is 9.09. The van der Waals surface area contributed by atoms with Crippen LogP contribution in [0.2, 0.25) is 5.02 Å². The number of piperazine rings is 1. The summed E-state index contributed by atoms with van der Waals surface area (Å²) in [4.78, 5) is 2.45. The summed E-state index contributed by atoms with van der Waals surface area (Å²) in [6, 6.07) is 16.1. The lowest BCUT2D eigenvalue weighted by atomic mass is 10.2. The van der Waals surface area contributed by atoms with Crippen LogP contribution in [-0.4, -0.2) is 48.9 Å². The van der Waals surface area contributed by atoms with Gasteiger partial charge < -0.3 is 4.74 Å². The minimum atomic E-state index is 0.688. The van der Waals surface area contributed by atoms with Gasteiger partial charge in [-0.15, -0.1) is 0 Å². The van der Waals surface area contributed by atoms with Crippen LogP contribution in [0.4, 0.5) is 0 Å². The van der Waals surface area contributed by atoms with Crippen LogP contribution in [0.15, 0.2) is 53.6 Å². The van der Waals surface area contributed by atoms with Crippen LogP contribution in [0.3, 0.4) is 0 Å². The van der Waals surface area contributed by atoms with Gasteiger partial charge in [-0.25, -0.2) is 0 Å². The van der Waals surface area contributed by atoms with Crippen LogP contribution in [-0.2, 0) is 6.54 Å². The molecule has 4 nitrogen and oxygen atoms in total. The van der Waals surface area contributed by atoms with E-state index in [2.05, 4.69) is 27.1 Å². The van der Waals surface area contributed by atoms with Crippen molar-refractivity contribution in [3.8, 4) is 5.75 Å². The normalized spacial score (nSPS) is 15.7. The number of halogens is 1. The van der Waals surface area contributed by atoms with Gasteiger partial charge in [0, 0.05) is 37.7 Å². The smallest absolute Gasteiger partial charge is 0.119 e. The molecule has 0 spiro atoms. The molecule has 1 aliphatic rings. The van der Waals surface area contributed by atoms with Crippen molar-refractivity contribution in [1.82, 2.24) is 9.91 Å². The van der Waals surface area contributed by atoms with Gasteiger partial charge >= 0.3 is 0 Å². The van der Waals surface area contributed by atoms with E-state index in [0.717, 1.165) is 49.1 Å². The number of nitrogens with zero attached hydrogens (tertiary/aromatic N) is 3. The van der Waals surface area contributed by atoms with Gasteiger partial charge in [0.15, 0.2) is 0 Å². The van der Waals surface area contributed by atoms with Crippen molar-refractivity contribution >= 4 is 17.8 Å². The first-order chi connectivity index (χ1) is 12.2. The van der Waals surface area contributed by atoms with Gasteiger partial charge in [-0.1, -0.05) is 23.7 Å². The van der Waals surface area contributed by atoms with E-state index in [4.69, 9.17) is 16.3 Å². The minimum Gasteiger partial charge on any atom is -0.494 e. The van der Waals surface area contributed by atoms with E-state index in [1.165, 1.54) is 5.56 Å². The molecule has 0 aliphatic carbocycles. The highest BCUT2D eigenvalue weighted by Gasteiger charge is 2.15. The number of ether oxygens (including phenoxy) is 1. The summed E-state index contributed by atoms with van der Waals surface area (Å²) in [6.07, 6.45) is 1.92. The highest BCUT2D eigenvalue weighted by Crippen LogP contribution is 2.14. The topological polar surface area (TPSA) is 28.1 Å². The molecule has 25 heavy (non-hydrogen) atoms. The Morgan fingerprint density at radius 1 is 1.00 bits per heavy atom. The average molecular weight is 358 g/mol. The van der Waals surface area contributed by atoms with Crippen molar-refractivity contribution in [3.05, 3.63) is 64.7 Å². The van der Waals surface area contributed by atoms with Gasteiger partial charge in [0.2, 0.25) is 0 Å². The zero-order valence-corrected chi connectivity index (χ0v) is 15.3. The van der Waals surface area contributed by atoms with Crippen LogP contribution >= 0.6 is 11.6 Å². The maximum atomic E-state index is 5.94. The molecule has 1 saturated heterocycles. The van der Waals surface area contributed by atoms with E-state index in [0.29, 0.717) is 6.61 Å². The Kier molecular flexibility index (Phi) is 6.31. The summed E-state index contributed by atoms with van der Waals surface area (Å²) in [5, 5.41) is 7.53. The average Bonchev–Trinajstić information content (AvgIpc) is 2.64. The number of benzene rings is 2. The van der Waals surface area contributed by atoms with Crippen molar-refractivity contribution in [1.29, 1.82) is 0 Å². The molecule has 0 N–H and O–H groups in total. The fraction of sp³-hybridized carbons (Fsp3) is 0.350. The van der Waals surface area contributed by atoms with Crippen LogP contribution in [0.1, 0.15) is 18.1 Å². The standard InChI is InChI=1S/C20H24ClN3O/c1-2-25-20-9-5-17(6-10-20)15-22-24-13-11-23(12-14-24)16-18-3-7-19(21)8-4-18/h3-10,15H,2,11-14,16H2,1H3. The molecule has 0 saturated carbocycles. The van der Waals surface area contributed by atoms with Gasteiger partial charge in [-0.05, 0) is 54.4 Å². The molecular weight excluding hydrogens is 334 g/mol. The molecule has 1 fully saturated rings. The molecule has 0 aromatic heterocycles. The SMILES string of the molecule is CCOc1ccc(C=NN2CCN(Cc3ccc(Cl)cc3)CC2)cc1. The Bertz CT molecular complexity index is 677. The molecule has 0 unspecified atom stereocenters. The Morgan fingerprint density at radius 3 is 2.32 bits per heavy atom. The Morgan fingerprint density at radius 2 is 1.68 bits per heavy atom. The summed E-state index contributed by atoms with van der Waals surface area (Å²) in [5.74, 6) is 0.899. The fourth-order valence-corrected chi connectivity index (χ4v) is 2.95. The summed E-state index contributed by atoms with van der Waals surface area (Å²) in [7, 11) is 0. The second kappa shape index (κ2) is 8.88. The highest BCUT2D eigenvalue weighted by atomic mass is 35.5. The molecule has 0 radical (unpaired) electrons. The fourth-order valence-electron chi connectivity index (χ4n) is 2.82. The third-order valence-corrected chi connectivity index (χ3v) is 4.48. The van der Waals surface area contributed by atoms with E-state index in [9.17, 15) is 0 Å². The zero-order valence-electron chi connectivity index (χ0n) is 14.6. The summed E-state index contributed by atoms with van der Waals surface area (Å²) >= 11 is 5.94. The van der Waals surface area contributed by atoms with Gasteiger partial charge in [0.05, 0.1) is 12.8 Å². The largest absolute Gasteiger partial charge is 0.494 e. The maximum Gasteiger partial charge on any atom is 0.119 e. The number of hydrogen-bond acceptors (Lipinski definition) is 4. The lowest BCUT2D eigenvalue weighted by Gasteiger charge is -2.33. The van der Waals surface area contributed by atoms with E-state index in [1.54, 1.807) is 0 Å². The third-order valence-electron chi connectivity index (χ3n) is 4.23. The molecule has 0 amide bonds. The molecule has 132 valence electrons. The number of hydrazone groups is 1. The Hall–Kier alpha value is -2.04. The summed E-state index contributed by atoms with van der Waals surface area (Å²) in [5.41, 5.74) is 2.39. The van der Waals surface area contributed by atoms with Gasteiger partial charge in [0.1, 0.15) is 5.75 Å². The van der Waals surface area contributed by atoms with Crippen molar-refractivity contribution in [2.45, 2.75) is 13.5 Å². The molecule has 2 aromatic rings. The lowest BCUT2D eigenvalue weighted by molar-refractivity contribution is 0.131. The van der Waals surface area contributed by atoms with Crippen molar-refractivity contribution in [2.24, 2.45) is 5.10 Å². The van der Waals surface area contributed by atoms with Crippen LogP contribution in [0.25, 0.3) is 0 Å². The molecule has 1 aliphatic heterocycles. The summed E-state index contributed by atoms with van der Waals surface area (Å²) in [6.45, 7) is 7.57. The molecular formula is C20H24ClN3O. The number of rotatable bonds is 6. The first kappa shape index (κ1) is 17.8. The predicted octanol–water partition coefficient (Wildman–Crippen LogP) is 3.89. The second-order valence-corrected chi connectivity index (χ2v) is 6.54. The molecule has 5 heteroatoms. The lowest BCUT2D eigenvalue weighted by Crippen LogP contribution is -2.43. The van der Waals surface area contributed by atoms with Crippen LogP contribution < -0.4 is 4.74 Å². The van der Waals surface area contributed by atoms with E-state index in [-0.39, 0.29) is 0 Å². The maximum absolute atomic E-state index is 5.94. The van der Waals surface area contributed by atoms with Gasteiger partial charge in [0.25, 0.3) is 0 Å². The minimum absolute atomic E-state index is 0.688. The van der Waals surface area contributed by atoms with Crippen LogP contribution in [0.5, 0.6) is 5.75 Å². The molecule has 3 rings (SSSR count). The van der Waals surface area contributed by atoms with Crippen LogP contribution in [0, 0.1) is 0 Å². The molecule has 0 atom stereocenters. The molecule has 1 heterocycles.